The normalized spacial score (nSPS) is 24.3. The Labute approximate surface area is 176 Å². The summed E-state index contributed by atoms with van der Waals surface area (Å²) in [7, 11) is 0. The van der Waals surface area contributed by atoms with Gasteiger partial charge in [0.05, 0.1) is 12.1 Å². The molecule has 1 saturated heterocycles. The van der Waals surface area contributed by atoms with Crippen LogP contribution in [0.3, 0.4) is 0 Å². The maximum Gasteiger partial charge on any atom is 0.410 e. The zero-order chi connectivity index (χ0) is 20.8. The fourth-order valence-corrected chi connectivity index (χ4v) is 4.61. The van der Waals surface area contributed by atoms with Crippen LogP contribution in [0.4, 0.5) is 10.5 Å². The average molecular weight is 415 g/mol. The highest BCUT2D eigenvalue weighted by molar-refractivity contribution is 6.30. The molecule has 2 heterocycles. The molecule has 0 aliphatic carbocycles. The highest BCUT2D eigenvalue weighted by Gasteiger charge is 2.53. The van der Waals surface area contributed by atoms with Crippen LogP contribution >= 0.6 is 11.6 Å². The summed E-state index contributed by atoms with van der Waals surface area (Å²) in [6.07, 6.45) is -0.566. The zero-order valence-electron chi connectivity index (χ0n) is 17.0. The number of para-hydroxylation sites is 1. The van der Waals surface area contributed by atoms with Gasteiger partial charge < -0.3 is 20.1 Å². The summed E-state index contributed by atoms with van der Waals surface area (Å²) in [4.78, 5) is 14.8. The molecule has 2 aliphatic rings. The molecule has 1 fully saturated rings. The molecule has 3 atom stereocenters. The Hall–Kier alpha value is -2.24. The Morgan fingerprint density at radius 1 is 1.24 bits per heavy atom. The topological polar surface area (TPSA) is 61.8 Å². The van der Waals surface area contributed by atoms with Gasteiger partial charge in [-0.25, -0.2) is 4.79 Å². The maximum atomic E-state index is 13.1. The second-order valence-electron chi connectivity index (χ2n) is 9.06. The number of hydrogen-bond donors (Lipinski definition) is 2. The molecule has 0 radical (unpaired) electrons. The Morgan fingerprint density at radius 2 is 1.93 bits per heavy atom. The third-order valence-corrected chi connectivity index (χ3v) is 6.04. The van der Waals surface area contributed by atoms with Crippen LogP contribution < -0.4 is 5.32 Å². The van der Waals surface area contributed by atoms with Crippen molar-refractivity contribution in [3.8, 4) is 0 Å². The van der Waals surface area contributed by atoms with Gasteiger partial charge in [0, 0.05) is 29.2 Å². The van der Waals surface area contributed by atoms with Crippen LogP contribution in [0.25, 0.3) is 0 Å². The van der Waals surface area contributed by atoms with Crippen molar-refractivity contribution in [3.63, 3.8) is 0 Å². The lowest BCUT2D eigenvalue weighted by Gasteiger charge is -2.31. The first kappa shape index (κ1) is 20.0. The van der Waals surface area contributed by atoms with Gasteiger partial charge in [-0.15, -0.1) is 0 Å². The van der Waals surface area contributed by atoms with Gasteiger partial charge in [-0.2, -0.15) is 0 Å². The third-order valence-electron chi connectivity index (χ3n) is 5.79. The van der Waals surface area contributed by atoms with Gasteiger partial charge in [0.1, 0.15) is 5.60 Å². The van der Waals surface area contributed by atoms with Crippen LogP contribution in [-0.4, -0.2) is 40.8 Å². The highest BCUT2D eigenvalue weighted by atomic mass is 35.5. The summed E-state index contributed by atoms with van der Waals surface area (Å²) in [5, 5.41) is 15.3. The van der Waals surface area contributed by atoms with E-state index >= 15 is 0 Å². The molecule has 2 N–H and O–H groups in total. The first-order valence-corrected chi connectivity index (χ1v) is 10.3. The molecule has 154 valence electrons. The van der Waals surface area contributed by atoms with Crippen molar-refractivity contribution in [1.82, 2.24) is 4.90 Å². The van der Waals surface area contributed by atoms with Crippen LogP contribution in [0.5, 0.6) is 0 Å². The number of anilines is 1. The number of benzene rings is 2. The van der Waals surface area contributed by atoms with Crippen molar-refractivity contribution < 1.29 is 14.6 Å². The van der Waals surface area contributed by atoms with Crippen LogP contribution in [0.1, 0.15) is 44.4 Å². The van der Waals surface area contributed by atoms with Gasteiger partial charge in [-0.3, -0.25) is 0 Å². The predicted molar refractivity (Wildman–Crippen MR) is 114 cm³/mol. The van der Waals surface area contributed by atoms with Crippen molar-refractivity contribution in [3.05, 3.63) is 64.7 Å². The number of carbonyl (C=O) groups excluding carboxylic acids is 1. The standard InChI is InChI=1S/C23H27ClN2O3/c1-22(2,3)29-21(28)26-14-23(13-25-18-7-5-4-6-17(18)23)12-19(26)20(27)15-8-10-16(24)11-9-15/h4-11,19-20,25,27H,12-14H2,1-3H3/t19-,20?,23+/m0/s1. The van der Waals surface area contributed by atoms with E-state index in [1.807, 2.05) is 45.0 Å². The quantitative estimate of drug-likeness (QED) is 0.744. The molecule has 29 heavy (non-hydrogen) atoms. The number of rotatable bonds is 2. The largest absolute Gasteiger partial charge is 0.444 e. The van der Waals surface area contributed by atoms with E-state index in [1.54, 1.807) is 17.0 Å². The minimum Gasteiger partial charge on any atom is -0.444 e. The molecule has 0 saturated carbocycles. The first-order chi connectivity index (χ1) is 13.7. The maximum absolute atomic E-state index is 13.1. The smallest absolute Gasteiger partial charge is 0.410 e. The SMILES string of the molecule is CC(C)(C)OC(=O)N1C[C@]2(CNc3ccccc32)C[C@H]1C(O)c1ccc(Cl)cc1. The molecule has 2 aliphatic heterocycles. The molecular formula is C23H27ClN2O3. The summed E-state index contributed by atoms with van der Waals surface area (Å²) >= 11 is 6.01. The Bertz CT molecular complexity index is 909. The van der Waals surface area contributed by atoms with Crippen molar-refractivity contribution in [2.24, 2.45) is 0 Å². The molecule has 4 rings (SSSR count). The molecule has 0 bridgehead atoms. The third kappa shape index (κ3) is 3.81. The van der Waals surface area contributed by atoms with Crippen molar-refractivity contribution in [1.29, 1.82) is 0 Å². The fourth-order valence-electron chi connectivity index (χ4n) is 4.49. The second kappa shape index (κ2) is 7.22. The molecule has 2 aromatic rings. The number of halogens is 1. The van der Waals surface area contributed by atoms with Gasteiger partial charge in [0.25, 0.3) is 0 Å². The van der Waals surface area contributed by atoms with Gasteiger partial charge in [-0.1, -0.05) is 41.9 Å². The number of amides is 1. The minimum absolute atomic E-state index is 0.244. The van der Waals surface area contributed by atoms with Crippen LogP contribution in [-0.2, 0) is 10.2 Å². The Balaban J connectivity index is 1.69. The lowest BCUT2D eigenvalue weighted by atomic mass is 9.79. The van der Waals surface area contributed by atoms with Crippen LogP contribution in [0.2, 0.25) is 5.02 Å². The van der Waals surface area contributed by atoms with E-state index in [2.05, 4.69) is 17.4 Å². The molecule has 0 aromatic heterocycles. The number of fused-ring (bicyclic) bond motifs is 2. The summed E-state index contributed by atoms with van der Waals surface area (Å²) in [5.41, 5.74) is 2.18. The van der Waals surface area contributed by atoms with E-state index in [9.17, 15) is 9.90 Å². The molecule has 1 spiro atoms. The van der Waals surface area contributed by atoms with Crippen molar-refractivity contribution in [2.75, 3.05) is 18.4 Å². The van der Waals surface area contributed by atoms with E-state index in [-0.39, 0.29) is 11.5 Å². The fraction of sp³-hybridized carbons (Fsp3) is 0.435. The number of nitrogens with one attached hydrogen (secondary N) is 1. The summed E-state index contributed by atoms with van der Waals surface area (Å²) in [6.45, 7) is 6.80. The molecular weight excluding hydrogens is 388 g/mol. The first-order valence-electron chi connectivity index (χ1n) is 9.95. The van der Waals surface area contributed by atoms with E-state index in [1.165, 1.54) is 5.56 Å². The lowest BCUT2D eigenvalue weighted by Crippen LogP contribution is -2.43. The number of carbonyl (C=O) groups is 1. The Kier molecular flexibility index (Phi) is 4.99. The number of nitrogens with zero attached hydrogens (tertiary/aromatic N) is 1. The summed E-state index contributed by atoms with van der Waals surface area (Å²) in [5.74, 6) is 0. The lowest BCUT2D eigenvalue weighted by molar-refractivity contribution is 0.00470. The number of ether oxygens (including phenoxy) is 1. The molecule has 5 nitrogen and oxygen atoms in total. The van der Waals surface area contributed by atoms with E-state index in [4.69, 9.17) is 16.3 Å². The van der Waals surface area contributed by atoms with Gasteiger partial charge in [0.15, 0.2) is 0 Å². The number of aliphatic hydroxyl groups excluding tert-OH is 1. The molecule has 6 heteroatoms. The molecule has 1 unspecified atom stereocenters. The average Bonchev–Trinajstić information content (AvgIpc) is 3.23. The monoisotopic (exact) mass is 414 g/mol. The number of aliphatic hydroxyl groups is 1. The zero-order valence-corrected chi connectivity index (χ0v) is 17.7. The van der Waals surface area contributed by atoms with E-state index < -0.39 is 17.8 Å². The Morgan fingerprint density at radius 3 is 2.62 bits per heavy atom. The van der Waals surface area contributed by atoms with Gasteiger partial charge in [0.2, 0.25) is 0 Å². The minimum atomic E-state index is -0.827. The van der Waals surface area contributed by atoms with Crippen LogP contribution in [0.15, 0.2) is 48.5 Å². The molecule has 1 amide bonds. The number of likely N-dealkylation sites (tertiary alicyclic amines) is 1. The number of hydrogen-bond acceptors (Lipinski definition) is 4. The van der Waals surface area contributed by atoms with E-state index in [0.29, 0.717) is 18.0 Å². The van der Waals surface area contributed by atoms with Gasteiger partial charge in [-0.05, 0) is 56.5 Å². The second-order valence-corrected chi connectivity index (χ2v) is 9.49. The van der Waals surface area contributed by atoms with Gasteiger partial charge >= 0.3 is 6.09 Å². The van der Waals surface area contributed by atoms with E-state index in [0.717, 1.165) is 17.8 Å². The summed E-state index contributed by atoms with van der Waals surface area (Å²) in [6, 6.07) is 15.0. The van der Waals surface area contributed by atoms with Crippen LogP contribution in [0, 0.1) is 0 Å². The highest BCUT2D eigenvalue weighted by Crippen LogP contribution is 2.48. The van der Waals surface area contributed by atoms with Crippen molar-refractivity contribution in [2.45, 2.75) is 50.4 Å². The predicted octanol–water partition coefficient (Wildman–Crippen LogP) is 4.75. The summed E-state index contributed by atoms with van der Waals surface area (Å²) < 4.78 is 5.68. The molecule has 2 aromatic carbocycles. The van der Waals surface area contributed by atoms with Crippen molar-refractivity contribution >= 4 is 23.4 Å².